The van der Waals surface area contributed by atoms with Gasteiger partial charge in [-0.3, -0.25) is 4.99 Å². The number of sulfonamides is 1. The summed E-state index contributed by atoms with van der Waals surface area (Å²) in [6.07, 6.45) is 1.75. The predicted molar refractivity (Wildman–Crippen MR) is 144 cm³/mol. The van der Waals surface area contributed by atoms with Crippen LogP contribution >= 0.6 is 0 Å². The second kappa shape index (κ2) is 9.43. The maximum atomic E-state index is 13.2. The Labute approximate surface area is 204 Å². The summed E-state index contributed by atoms with van der Waals surface area (Å²) in [6, 6.07) is 17.6. The van der Waals surface area contributed by atoms with Crippen molar-refractivity contribution in [3.05, 3.63) is 88.0 Å². The van der Waals surface area contributed by atoms with Gasteiger partial charge in [0.25, 0.3) is 10.0 Å². The normalized spacial score (nSPS) is 16.7. The molecular weight excluding hydrogens is 444 g/mol. The van der Waals surface area contributed by atoms with Crippen LogP contribution in [0, 0.1) is 20.8 Å². The maximum absolute atomic E-state index is 13.2. The van der Waals surface area contributed by atoms with Crippen molar-refractivity contribution in [3.63, 3.8) is 0 Å². The lowest BCUT2D eigenvalue weighted by atomic mass is 9.86. The zero-order valence-corrected chi connectivity index (χ0v) is 21.0. The lowest BCUT2D eigenvalue weighted by Gasteiger charge is -2.28. The third kappa shape index (κ3) is 4.48. The van der Waals surface area contributed by atoms with E-state index in [9.17, 15) is 8.42 Å². The number of benzene rings is 3. The van der Waals surface area contributed by atoms with Crippen molar-refractivity contribution in [1.82, 2.24) is 4.72 Å². The molecule has 0 saturated carbocycles. The first kappa shape index (κ1) is 23.7. The lowest BCUT2D eigenvalue weighted by molar-refractivity contribution is 0.591. The number of guanidine groups is 1. The summed E-state index contributed by atoms with van der Waals surface area (Å²) in [5.74, 6) is 0.213. The molecule has 0 spiro atoms. The summed E-state index contributed by atoms with van der Waals surface area (Å²) in [7, 11) is -3.76. The highest BCUT2D eigenvalue weighted by molar-refractivity contribution is 7.90. The van der Waals surface area contributed by atoms with Crippen LogP contribution in [0.25, 0.3) is 0 Å². The molecule has 0 bridgehead atoms. The molecule has 1 atom stereocenters. The van der Waals surface area contributed by atoms with Gasteiger partial charge in [-0.15, -0.1) is 0 Å². The van der Waals surface area contributed by atoms with Crippen molar-refractivity contribution in [2.75, 3.05) is 5.32 Å². The first-order valence-electron chi connectivity index (χ1n) is 11.3. The van der Waals surface area contributed by atoms with E-state index in [2.05, 4.69) is 46.0 Å². The SMILES string of the molecule is CC=Nc1c(C)cccc1CN=C1Nc2c(ccc(C)c2C(C)c2ccccc2C)S(=O)(=O)N1.[HH].[HH]. The molecule has 0 radical (unpaired) electrons. The average molecular weight is 479 g/mol. The summed E-state index contributed by atoms with van der Waals surface area (Å²) < 4.78 is 28.9. The molecule has 0 aromatic heterocycles. The number of nitrogens with zero attached hydrogens (tertiary/aromatic N) is 2. The summed E-state index contributed by atoms with van der Waals surface area (Å²) in [4.78, 5) is 9.30. The van der Waals surface area contributed by atoms with Crippen LogP contribution in [0.5, 0.6) is 0 Å². The van der Waals surface area contributed by atoms with Crippen LogP contribution in [0.15, 0.2) is 69.5 Å². The topological polar surface area (TPSA) is 82.9 Å². The fourth-order valence-corrected chi connectivity index (χ4v) is 5.72. The second-order valence-electron chi connectivity index (χ2n) is 8.61. The smallest absolute Gasteiger partial charge is 0.266 e. The standard InChI is InChI=1S/C27H30N4O2S.2H2/c1-6-28-25-19(4)11-9-12-21(25)16-29-27-30-26-23(34(32,33)31-27)15-14-18(3)24(26)20(5)22-13-8-7-10-17(22)2;;/h6-15,20H,16H2,1-5H3,(H2,29,30,31);2*1H. The molecule has 3 aromatic rings. The summed E-state index contributed by atoms with van der Waals surface area (Å²) >= 11 is 0. The number of fused-ring (bicyclic) bond motifs is 1. The number of anilines is 1. The van der Waals surface area contributed by atoms with E-state index >= 15 is 0 Å². The van der Waals surface area contributed by atoms with Gasteiger partial charge in [0.1, 0.15) is 4.90 Å². The van der Waals surface area contributed by atoms with Gasteiger partial charge in [-0.25, -0.2) is 18.1 Å². The third-order valence-corrected chi connectivity index (χ3v) is 7.65. The summed E-state index contributed by atoms with van der Waals surface area (Å²) in [5, 5.41) is 3.29. The Bertz CT molecular complexity index is 1420. The van der Waals surface area contributed by atoms with E-state index in [4.69, 9.17) is 0 Å². The minimum Gasteiger partial charge on any atom is -0.324 e. The van der Waals surface area contributed by atoms with Gasteiger partial charge in [-0.2, -0.15) is 0 Å². The van der Waals surface area contributed by atoms with E-state index in [1.54, 1.807) is 12.3 Å². The number of rotatable bonds is 5. The molecule has 0 amide bonds. The average Bonchev–Trinajstić information content (AvgIpc) is 2.79. The van der Waals surface area contributed by atoms with Crippen LogP contribution < -0.4 is 10.0 Å². The van der Waals surface area contributed by atoms with E-state index in [0.29, 0.717) is 12.2 Å². The zero-order valence-electron chi connectivity index (χ0n) is 20.2. The van der Waals surface area contributed by atoms with Gasteiger partial charge < -0.3 is 5.32 Å². The lowest BCUT2D eigenvalue weighted by Crippen LogP contribution is -2.41. The van der Waals surface area contributed by atoms with Crippen LogP contribution in [0.1, 0.15) is 56.0 Å². The molecule has 34 heavy (non-hydrogen) atoms. The quantitative estimate of drug-likeness (QED) is 0.426. The molecule has 1 unspecified atom stereocenters. The molecule has 7 heteroatoms. The van der Waals surface area contributed by atoms with Crippen molar-refractivity contribution in [2.24, 2.45) is 9.98 Å². The Hall–Kier alpha value is -3.45. The second-order valence-corrected chi connectivity index (χ2v) is 10.3. The molecule has 1 aliphatic rings. The van der Waals surface area contributed by atoms with E-state index < -0.39 is 10.0 Å². The van der Waals surface area contributed by atoms with Crippen molar-refractivity contribution in [1.29, 1.82) is 0 Å². The van der Waals surface area contributed by atoms with Gasteiger partial charge >= 0.3 is 0 Å². The highest BCUT2D eigenvalue weighted by Gasteiger charge is 2.31. The van der Waals surface area contributed by atoms with Gasteiger partial charge in [0, 0.05) is 15.0 Å². The summed E-state index contributed by atoms with van der Waals surface area (Å²) in [6.45, 7) is 10.4. The van der Waals surface area contributed by atoms with Gasteiger partial charge in [0.2, 0.25) is 5.96 Å². The first-order chi connectivity index (χ1) is 16.2. The maximum Gasteiger partial charge on any atom is 0.266 e. The third-order valence-electron chi connectivity index (χ3n) is 6.26. The highest BCUT2D eigenvalue weighted by Crippen LogP contribution is 2.39. The monoisotopic (exact) mass is 478 g/mol. The number of nitrogens with one attached hydrogen (secondary N) is 2. The van der Waals surface area contributed by atoms with Crippen LogP contribution in [0.2, 0.25) is 0 Å². The number of para-hydroxylation sites is 1. The Balaban J connectivity index is 0.00000228. The van der Waals surface area contributed by atoms with Crippen LogP contribution in [-0.4, -0.2) is 20.6 Å². The van der Waals surface area contributed by atoms with Crippen LogP contribution in [0.3, 0.4) is 0 Å². The Morgan fingerprint density at radius 1 is 0.971 bits per heavy atom. The molecule has 6 nitrogen and oxygen atoms in total. The van der Waals surface area contributed by atoms with Crippen molar-refractivity contribution < 1.29 is 11.3 Å². The van der Waals surface area contributed by atoms with Crippen molar-refractivity contribution in [2.45, 2.75) is 52.0 Å². The molecule has 1 aliphatic heterocycles. The van der Waals surface area contributed by atoms with E-state index in [0.717, 1.165) is 33.5 Å². The first-order valence-corrected chi connectivity index (χ1v) is 12.8. The van der Waals surface area contributed by atoms with Crippen molar-refractivity contribution in [3.8, 4) is 0 Å². The molecule has 0 fully saturated rings. The minimum absolute atomic E-state index is 0. The predicted octanol–water partition coefficient (Wildman–Crippen LogP) is 6.24. The van der Waals surface area contributed by atoms with Crippen molar-refractivity contribution >= 4 is 33.6 Å². The van der Waals surface area contributed by atoms with Gasteiger partial charge in [-0.1, -0.05) is 55.5 Å². The Morgan fingerprint density at radius 3 is 2.44 bits per heavy atom. The molecule has 3 aromatic carbocycles. The summed E-state index contributed by atoms with van der Waals surface area (Å²) in [5.41, 5.74) is 7.73. The zero-order chi connectivity index (χ0) is 24.5. The number of hydrogen-bond acceptors (Lipinski definition) is 4. The Kier molecular flexibility index (Phi) is 6.57. The number of aryl methyl sites for hydroxylation is 3. The molecule has 2 N–H and O–H groups in total. The molecule has 1 heterocycles. The molecule has 0 aliphatic carbocycles. The van der Waals surface area contributed by atoms with E-state index in [-0.39, 0.29) is 19.6 Å². The molecular formula is C27H34N4O2S. The molecule has 180 valence electrons. The van der Waals surface area contributed by atoms with E-state index in [1.165, 1.54) is 5.56 Å². The van der Waals surface area contributed by atoms with Crippen LogP contribution in [0.4, 0.5) is 11.4 Å². The fourth-order valence-electron chi connectivity index (χ4n) is 4.57. The number of aliphatic imine (C=N–C) groups is 2. The van der Waals surface area contributed by atoms with Gasteiger partial charge in [0.15, 0.2) is 0 Å². The largest absolute Gasteiger partial charge is 0.324 e. The van der Waals surface area contributed by atoms with Gasteiger partial charge in [-0.05, 0) is 67.1 Å². The van der Waals surface area contributed by atoms with Gasteiger partial charge in [0.05, 0.1) is 17.9 Å². The molecule has 4 rings (SSSR count). The van der Waals surface area contributed by atoms with Crippen LogP contribution in [-0.2, 0) is 16.6 Å². The minimum atomic E-state index is -3.76. The van der Waals surface area contributed by atoms with E-state index in [1.807, 2.05) is 57.2 Å². The Morgan fingerprint density at radius 2 is 1.71 bits per heavy atom. The molecule has 0 saturated heterocycles. The number of hydrogen-bond donors (Lipinski definition) is 2. The fraction of sp³-hybridized carbons (Fsp3) is 0.259. The highest BCUT2D eigenvalue weighted by atomic mass is 32.2.